The van der Waals surface area contributed by atoms with Crippen LogP contribution in [0, 0.1) is 11.8 Å². The topological polar surface area (TPSA) is 93.3 Å². The van der Waals surface area contributed by atoms with E-state index >= 15 is 0 Å². The van der Waals surface area contributed by atoms with Gasteiger partial charge >= 0.3 is 0 Å². The highest BCUT2D eigenvalue weighted by Crippen LogP contribution is 2.29. The van der Waals surface area contributed by atoms with Crippen molar-refractivity contribution in [3.8, 4) is 0 Å². The van der Waals surface area contributed by atoms with Crippen molar-refractivity contribution < 1.29 is 9.47 Å². The first-order valence-electron chi connectivity index (χ1n) is 15.2. The van der Waals surface area contributed by atoms with Gasteiger partial charge in [-0.05, 0) is 94.1 Å². The number of nitrogens with two attached hydrogens (primary N) is 1. The fourth-order valence-corrected chi connectivity index (χ4v) is 6.50. The molecule has 5 aliphatic rings. The average Bonchev–Trinajstić information content (AvgIpc) is 3.47. The maximum atomic E-state index is 6.51. The van der Waals surface area contributed by atoms with Crippen LogP contribution in [-0.4, -0.2) is 69.2 Å². The molecule has 2 unspecified atom stereocenters. The summed E-state index contributed by atoms with van der Waals surface area (Å²) in [6.45, 7) is 5.35. The monoisotopic (exact) mass is 511 g/mol. The number of hydrogen-bond donors (Lipinski definition) is 3. The minimum Gasteiger partial charge on any atom is -0.381 e. The van der Waals surface area contributed by atoms with Gasteiger partial charge in [0.25, 0.3) is 0 Å². The second-order valence-electron chi connectivity index (χ2n) is 11.8. The van der Waals surface area contributed by atoms with Gasteiger partial charge in [-0.2, -0.15) is 0 Å². The summed E-state index contributed by atoms with van der Waals surface area (Å²) in [6.07, 6.45) is 20.7. The van der Waals surface area contributed by atoms with Gasteiger partial charge in [0.15, 0.2) is 0 Å². The Morgan fingerprint density at radius 1 is 1.05 bits per heavy atom. The van der Waals surface area contributed by atoms with Gasteiger partial charge in [0.05, 0.1) is 18.7 Å². The lowest BCUT2D eigenvalue weighted by Gasteiger charge is -2.30. The largest absolute Gasteiger partial charge is 0.381 e. The van der Waals surface area contributed by atoms with Crippen LogP contribution < -0.4 is 16.4 Å². The normalized spacial score (nSPS) is 32.6. The van der Waals surface area contributed by atoms with E-state index in [2.05, 4.69) is 22.8 Å². The zero-order chi connectivity index (χ0) is 25.3. The lowest BCUT2D eigenvalue weighted by Crippen LogP contribution is -2.38. The van der Waals surface area contributed by atoms with E-state index in [-0.39, 0.29) is 6.04 Å². The zero-order valence-electron chi connectivity index (χ0n) is 22.8. The standard InChI is InChI=1S/C30H49N5O2/c31-28-21-33-25(5-1-4-22-9-11-24(12-10-22)32-20-26-6-3-15-37-26)18-27(28)29-7-2-8-30(35-29)34-19-23-13-16-36-17-14-23/h7,18,22-24,26,28,32H,1-6,8-17,19-21,31H2,(H,34,35). The number of nitrogens with zero attached hydrogens (tertiary/aromatic N) is 2. The Labute approximate surface area is 223 Å². The fourth-order valence-electron chi connectivity index (χ4n) is 6.50. The Morgan fingerprint density at radius 3 is 2.73 bits per heavy atom. The van der Waals surface area contributed by atoms with E-state index < -0.39 is 0 Å². The van der Waals surface area contributed by atoms with Gasteiger partial charge in [-0.15, -0.1) is 0 Å². The van der Waals surface area contributed by atoms with Gasteiger partial charge in [0.2, 0.25) is 0 Å². The third kappa shape index (κ3) is 8.22. The van der Waals surface area contributed by atoms with Gasteiger partial charge in [-0.1, -0.05) is 12.5 Å². The first-order chi connectivity index (χ1) is 18.2. The van der Waals surface area contributed by atoms with Gasteiger partial charge in [-0.25, -0.2) is 0 Å². The summed E-state index contributed by atoms with van der Waals surface area (Å²) in [7, 11) is 0. The highest BCUT2D eigenvalue weighted by molar-refractivity contribution is 5.97. The van der Waals surface area contributed by atoms with Crippen LogP contribution in [0.1, 0.15) is 83.5 Å². The van der Waals surface area contributed by atoms with E-state index in [9.17, 15) is 0 Å². The van der Waals surface area contributed by atoms with Crippen molar-refractivity contribution in [3.63, 3.8) is 0 Å². The van der Waals surface area contributed by atoms with Gasteiger partial charge in [0, 0.05) is 56.8 Å². The quantitative estimate of drug-likeness (QED) is 0.407. The number of nitrogens with one attached hydrogen (secondary N) is 2. The van der Waals surface area contributed by atoms with Gasteiger partial charge in [-0.3, -0.25) is 9.98 Å². The minimum atomic E-state index is -0.0326. The molecule has 4 heterocycles. The predicted octanol–water partition coefficient (Wildman–Crippen LogP) is 4.28. The summed E-state index contributed by atoms with van der Waals surface area (Å²) in [5.41, 5.74) is 10.1. The Balaban J connectivity index is 1.04. The summed E-state index contributed by atoms with van der Waals surface area (Å²) < 4.78 is 11.3. The van der Waals surface area contributed by atoms with Crippen molar-refractivity contribution in [2.75, 3.05) is 39.5 Å². The Morgan fingerprint density at radius 2 is 1.92 bits per heavy atom. The van der Waals surface area contributed by atoms with Gasteiger partial charge in [0.1, 0.15) is 5.84 Å². The van der Waals surface area contributed by atoms with E-state index in [4.69, 9.17) is 25.2 Å². The van der Waals surface area contributed by atoms with Crippen LogP contribution in [0.2, 0.25) is 0 Å². The lowest BCUT2D eigenvalue weighted by atomic mass is 9.82. The molecule has 5 rings (SSSR count). The molecule has 4 N–H and O–H groups in total. The molecule has 0 radical (unpaired) electrons. The summed E-state index contributed by atoms with van der Waals surface area (Å²) in [5, 5.41) is 7.39. The second kappa shape index (κ2) is 14.0. The predicted molar refractivity (Wildman–Crippen MR) is 151 cm³/mol. The van der Waals surface area contributed by atoms with Crippen LogP contribution in [0.5, 0.6) is 0 Å². The molecule has 7 nitrogen and oxygen atoms in total. The molecule has 7 heteroatoms. The van der Waals surface area contributed by atoms with E-state index in [1.165, 1.54) is 62.7 Å². The van der Waals surface area contributed by atoms with Crippen molar-refractivity contribution >= 4 is 11.5 Å². The molecule has 0 aromatic heterocycles. The third-order valence-corrected chi connectivity index (χ3v) is 8.96. The second-order valence-corrected chi connectivity index (χ2v) is 11.8. The van der Waals surface area contributed by atoms with Crippen LogP contribution in [-0.2, 0) is 9.47 Å². The van der Waals surface area contributed by atoms with Crippen LogP contribution in [0.4, 0.5) is 0 Å². The molecule has 0 bridgehead atoms. The Bertz CT molecular complexity index is 846. The minimum absolute atomic E-state index is 0.0326. The molecule has 4 aliphatic heterocycles. The van der Waals surface area contributed by atoms with E-state index in [0.717, 1.165) is 82.5 Å². The number of hydrogen-bond acceptors (Lipinski definition) is 6. The van der Waals surface area contributed by atoms with Crippen LogP contribution >= 0.6 is 0 Å². The van der Waals surface area contributed by atoms with E-state index in [1.54, 1.807) is 0 Å². The highest BCUT2D eigenvalue weighted by Gasteiger charge is 2.24. The molecule has 1 aliphatic carbocycles. The first kappa shape index (κ1) is 27.0. The maximum absolute atomic E-state index is 6.51. The van der Waals surface area contributed by atoms with Crippen molar-refractivity contribution in [2.45, 2.75) is 102 Å². The molecule has 1 saturated carbocycles. The summed E-state index contributed by atoms with van der Waals surface area (Å²) in [6, 6.07) is 0.659. The van der Waals surface area contributed by atoms with E-state index in [1.807, 2.05) is 0 Å². The maximum Gasteiger partial charge on any atom is 0.101 e. The first-order valence-corrected chi connectivity index (χ1v) is 15.2. The molecular weight excluding hydrogens is 462 g/mol. The number of aliphatic imine (C=N–C) groups is 2. The van der Waals surface area contributed by atoms with Crippen molar-refractivity contribution in [3.05, 3.63) is 23.4 Å². The molecule has 0 aromatic carbocycles. The Kier molecular flexibility index (Phi) is 10.2. The number of dihydropyridines is 1. The Hall–Kier alpha value is -1.54. The number of rotatable bonds is 10. The number of allylic oxidation sites excluding steroid dienone is 2. The fraction of sp³-hybridized carbons (Fsp3) is 0.800. The van der Waals surface area contributed by atoms with Crippen molar-refractivity contribution in [1.29, 1.82) is 0 Å². The molecule has 0 aromatic rings. The summed E-state index contributed by atoms with van der Waals surface area (Å²) in [5.74, 6) is 2.64. The molecule has 3 fully saturated rings. The number of amidine groups is 1. The zero-order valence-corrected chi connectivity index (χ0v) is 22.8. The van der Waals surface area contributed by atoms with Crippen molar-refractivity contribution in [1.82, 2.24) is 10.6 Å². The molecule has 2 atom stereocenters. The van der Waals surface area contributed by atoms with Crippen molar-refractivity contribution in [2.24, 2.45) is 27.6 Å². The highest BCUT2D eigenvalue weighted by atomic mass is 16.5. The van der Waals surface area contributed by atoms with Crippen LogP contribution in [0.3, 0.4) is 0 Å². The van der Waals surface area contributed by atoms with E-state index in [0.29, 0.717) is 24.6 Å². The molecule has 0 amide bonds. The molecule has 0 spiro atoms. The molecular formula is C30H49N5O2. The summed E-state index contributed by atoms with van der Waals surface area (Å²) in [4.78, 5) is 9.76. The summed E-state index contributed by atoms with van der Waals surface area (Å²) >= 11 is 0. The molecule has 2 saturated heterocycles. The van der Waals surface area contributed by atoms with Crippen LogP contribution in [0.15, 0.2) is 33.4 Å². The van der Waals surface area contributed by atoms with Gasteiger partial charge < -0.3 is 25.8 Å². The van der Waals surface area contributed by atoms with Crippen LogP contribution in [0.25, 0.3) is 0 Å². The number of ether oxygens (including phenoxy) is 2. The smallest absolute Gasteiger partial charge is 0.101 e. The lowest BCUT2D eigenvalue weighted by molar-refractivity contribution is 0.0689. The molecule has 206 valence electrons. The third-order valence-electron chi connectivity index (χ3n) is 8.96. The molecule has 37 heavy (non-hydrogen) atoms. The SMILES string of the molecule is NC1CN=C(CCCC2CCC(NCC3CCCO3)CC2)C=C1C1=CCCC(=NCC2CCOCC2)N1. The average molecular weight is 512 g/mol.